The molecule has 1 aromatic heterocycles. The molecule has 0 aliphatic rings. The Kier molecular flexibility index (Phi) is 5.60. The van der Waals surface area contributed by atoms with Crippen molar-refractivity contribution in [2.45, 2.75) is 52.6 Å². The van der Waals surface area contributed by atoms with Crippen LogP contribution in [-0.4, -0.2) is 15.9 Å². The zero-order valence-corrected chi connectivity index (χ0v) is 10.8. The van der Waals surface area contributed by atoms with Gasteiger partial charge in [0.25, 0.3) is 0 Å². The third-order valence-electron chi connectivity index (χ3n) is 2.55. The lowest BCUT2D eigenvalue weighted by atomic mass is 10.1. The van der Waals surface area contributed by atoms with Gasteiger partial charge < -0.3 is 4.74 Å². The zero-order chi connectivity index (χ0) is 12.7. The number of esters is 1. The highest BCUT2D eigenvalue weighted by Crippen LogP contribution is 2.23. The molecule has 0 N–H and O–H groups in total. The van der Waals surface area contributed by atoms with Gasteiger partial charge in [-0.15, -0.1) is 0 Å². The average Bonchev–Trinajstić information content (AvgIpc) is 2.28. The van der Waals surface area contributed by atoms with Crippen molar-refractivity contribution in [3.63, 3.8) is 0 Å². The highest BCUT2D eigenvalue weighted by atomic mass is 16.5. The number of unbranched alkanes of at least 4 members (excludes halogenated alkanes) is 2. The summed E-state index contributed by atoms with van der Waals surface area (Å²) >= 11 is 0. The molecular weight excluding hydrogens is 216 g/mol. The predicted octanol–water partition coefficient (Wildman–Crippen LogP) is 2.97. The summed E-state index contributed by atoms with van der Waals surface area (Å²) in [4.78, 5) is 19.3. The van der Waals surface area contributed by atoms with Crippen molar-refractivity contribution < 1.29 is 9.53 Å². The van der Waals surface area contributed by atoms with Crippen LogP contribution in [0.15, 0.2) is 12.4 Å². The van der Waals surface area contributed by atoms with E-state index in [0.717, 1.165) is 37.1 Å². The monoisotopic (exact) mass is 236 g/mol. The SMILES string of the molecule is CCCCC[C@H](OC(C)=O)c1cnc(C)nc1. The highest BCUT2D eigenvalue weighted by Gasteiger charge is 2.15. The molecule has 4 nitrogen and oxygen atoms in total. The topological polar surface area (TPSA) is 52.1 Å². The van der Waals surface area contributed by atoms with Gasteiger partial charge in [0.05, 0.1) is 0 Å². The van der Waals surface area contributed by atoms with Crippen molar-refractivity contribution in [3.05, 3.63) is 23.8 Å². The number of carbonyl (C=O) groups is 1. The van der Waals surface area contributed by atoms with Gasteiger partial charge in [0.2, 0.25) is 0 Å². The molecule has 0 fully saturated rings. The summed E-state index contributed by atoms with van der Waals surface area (Å²) < 4.78 is 5.30. The van der Waals surface area contributed by atoms with Crippen LogP contribution in [0.5, 0.6) is 0 Å². The van der Waals surface area contributed by atoms with Crippen molar-refractivity contribution in [2.24, 2.45) is 0 Å². The molecule has 0 saturated heterocycles. The van der Waals surface area contributed by atoms with E-state index in [-0.39, 0.29) is 12.1 Å². The number of carbonyl (C=O) groups excluding carboxylic acids is 1. The third kappa shape index (κ3) is 4.93. The fourth-order valence-electron chi connectivity index (χ4n) is 1.64. The Balaban J connectivity index is 2.67. The lowest BCUT2D eigenvalue weighted by molar-refractivity contribution is -0.147. The highest BCUT2D eigenvalue weighted by molar-refractivity contribution is 5.66. The second-order valence-corrected chi connectivity index (χ2v) is 4.16. The second kappa shape index (κ2) is 6.99. The van der Waals surface area contributed by atoms with Gasteiger partial charge in [-0.2, -0.15) is 0 Å². The van der Waals surface area contributed by atoms with Gasteiger partial charge in [0.1, 0.15) is 11.9 Å². The van der Waals surface area contributed by atoms with Crippen LogP contribution in [0.4, 0.5) is 0 Å². The van der Waals surface area contributed by atoms with Crippen molar-refractivity contribution in [1.82, 2.24) is 9.97 Å². The summed E-state index contributed by atoms with van der Waals surface area (Å²) in [5.41, 5.74) is 0.877. The van der Waals surface area contributed by atoms with Gasteiger partial charge in [-0.05, 0) is 19.8 Å². The van der Waals surface area contributed by atoms with Gasteiger partial charge in [-0.3, -0.25) is 4.79 Å². The Morgan fingerprint density at radius 1 is 1.35 bits per heavy atom. The van der Waals surface area contributed by atoms with E-state index in [0.29, 0.717) is 0 Å². The van der Waals surface area contributed by atoms with Crippen molar-refractivity contribution in [1.29, 1.82) is 0 Å². The summed E-state index contributed by atoms with van der Waals surface area (Å²) in [7, 11) is 0. The Labute approximate surface area is 102 Å². The molecule has 4 heteroatoms. The summed E-state index contributed by atoms with van der Waals surface area (Å²) in [6.07, 6.45) is 7.44. The Hall–Kier alpha value is -1.45. The van der Waals surface area contributed by atoms with Gasteiger partial charge in [0, 0.05) is 24.9 Å². The molecule has 0 aromatic carbocycles. The molecule has 94 valence electrons. The summed E-state index contributed by atoms with van der Waals surface area (Å²) in [6.45, 7) is 5.42. The molecule has 1 rings (SSSR count). The Bertz CT molecular complexity index is 349. The minimum absolute atomic E-state index is 0.209. The fraction of sp³-hybridized carbons (Fsp3) is 0.615. The fourth-order valence-corrected chi connectivity index (χ4v) is 1.64. The molecule has 0 radical (unpaired) electrons. The van der Waals surface area contributed by atoms with Crippen LogP contribution in [0, 0.1) is 6.92 Å². The smallest absolute Gasteiger partial charge is 0.303 e. The first-order chi connectivity index (χ1) is 8.13. The quantitative estimate of drug-likeness (QED) is 0.563. The molecule has 0 spiro atoms. The van der Waals surface area contributed by atoms with E-state index in [4.69, 9.17) is 4.74 Å². The van der Waals surface area contributed by atoms with E-state index >= 15 is 0 Å². The lowest BCUT2D eigenvalue weighted by Gasteiger charge is -2.16. The number of aromatic nitrogens is 2. The normalized spacial score (nSPS) is 12.2. The number of rotatable bonds is 6. The first-order valence-corrected chi connectivity index (χ1v) is 6.09. The Morgan fingerprint density at radius 3 is 2.53 bits per heavy atom. The average molecular weight is 236 g/mol. The standard InChI is InChI=1S/C13H20N2O2/c1-4-5-6-7-13(17-11(3)16)12-8-14-10(2)15-9-12/h8-9,13H,4-7H2,1-3H3/t13-/m0/s1. The van der Waals surface area contributed by atoms with Crippen LogP contribution in [0.1, 0.15) is 57.0 Å². The maximum Gasteiger partial charge on any atom is 0.303 e. The molecule has 1 aromatic rings. The number of aryl methyl sites for hydroxylation is 1. The van der Waals surface area contributed by atoms with Crippen molar-refractivity contribution >= 4 is 5.97 Å². The van der Waals surface area contributed by atoms with E-state index in [2.05, 4.69) is 16.9 Å². The van der Waals surface area contributed by atoms with E-state index < -0.39 is 0 Å². The number of nitrogens with zero attached hydrogens (tertiary/aromatic N) is 2. The number of hydrogen-bond donors (Lipinski definition) is 0. The van der Waals surface area contributed by atoms with Gasteiger partial charge in [-0.25, -0.2) is 9.97 Å². The molecular formula is C13H20N2O2. The van der Waals surface area contributed by atoms with Crippen LogP contribution in [-0.2, 0) is 9.53 Å². The van der Waals surface area contributed by atoms with E-state index in [9.17, 15) is 4.79 Å². The predicted molar refractivity (Wildman–Crippen MR) is 65.4 cm³/mol. The minimum atomic E-state index is -0.257. The van der Waals surface area contributed by atoms with Crippen LogP contribution in [0.25, 0.3) is 0 Å². The number of hydrogen-bond acceptors (Lipinski definition) is 4. The van der Waals surface area contributed by atoms with Crippen molar-refractivity contribution in [2.75, 3.05) is 0 Å². The molecule has 17 heavy (non-hydrogen) atoms. The molecule has 0 aliphatic carbocycles. The molecule has 0 bridgehead atoms. The van der Waals surface area contributed by atoms with Gasteiger partial charge in [-0.1, -0.05) is 19.8 Å². The van der Waals surface area contributed by atoms with E-state index in [1.165, 1.54) is 6.92 Å². The third-order valence-corrected chi connectivity index (χ3v) is 2.55. The summed E-state index contributed by atoms with van der Waals surface area (Å²) in [5.74, 6) is 0.468. The summed E-state index contributed by atoms with van der Waals surface area (Å²) in [5, 5.41) is 0. The summed E-state index contributed by atoms with van der Waals surface area (Å²) in [6, 6.07) is 0. The first-order valence-electron chi connectivity index (χ1n) is 6.09. The Morgan fingerprint density at radius 2 is 2.00 bits per heavy atom. The second-order valence-electron chi connectivity index (χ2n) is 4.16. The molecule has 0 amide bonds. The maximum absolute atomic E-state index is 11.1. The molecule has 1 heterocycles. The van der Waals surface area contributed by atoms with Crippen LogP contribution >= 0.6 is 0 Å². The van der Waals surface area contributed by atoms with Gasteiger partial charge >= 0.3 is 5.97 Å². The largest absolute Gasteiger partial charge is 0.458 e. The first kappa shape index (κ1) is 13.6. The van der Waals surface area contributed by atoms with Crippen molar-refractivity contribution in [3.8, 4) is 0 Å². The van der Waals surface area contributed by atoms with E-state index in [1.807, 2.05) is 6.92 Å². The van der Waals surface area contributed by atoms with Crippen LogP contribution < -0.4 is 0 Å². The van der Waals surface area contributed by atoms with Crippen LogP contribution in [0.3, 0.4) is 0 Å². The molecule has 0 unspecified atom stereocenters. The van der Waals surface area contributed by atoms with Gasteiger partial charge in [0.15, 0.2) is 0 Å². The number of ether oxygens (including phenoxy) is 1. The molecule has 0 saturated carbocycles. The molecule has 1 atom stereocenters. The zero-order valence-electron chi connectivity index (χ0n) is 10.8. The molecule has 0 aliphatic heterocycles. The van der Waals surface area contributed by atoms with E-state index in [1.54, 1.807) is 12.4 Å². The lowest BCUT2D eigenvalue weighted by Crippen LogP contribution is -2.09. The maximum atomic E-state index is 11.1. The minimum Gasteiger partial charge on any atom is -0.458 e. The van der Waals surface area contributed by atoms with Crippen LogP contribution in [0.2, 0.25) is 0 Å².